The van der Waals surface area contributed by atoms with Gasteiger partial charge in [-0.05, 0) is 51.2 Å². The zero-order valence-corrected chi connectivity index (χ0v) is 10.8. The van der Waals surface area contributed by atoms with Crippen molar-refractivity contribution in [2.45, 2.75) is 12.8 Å². The number of aromatic amines is 1. The average Bonchev–Trinajstić information content (AvgIpc) is 2.71. The van der Waals surface area contributed by atoms with E-state index in [1.807, 2.05) is 12.1 Å². The summed E-state index contributed by atoms with van der Waals surface area (Å²) in [4.78, 5) is 5.53. The van der Waals surface area contributed by atoms with Crippen LogP contribution in [0, 0.1) is 0 Å². The fourth-order valence-electron chi connectivity index (χ4n) is 2.08. The number of aryl methyl sites for hydroxylation is 1. The summed E-state index contributed by atoms with van der Waals surface area (Å²) in [5.74, 6) is 0.902. The van der Waals surface area contributed by atoms with Gasteiger partial charge in [0.15, 0.2) is 0 Å². The number of methoxy groups -OCH3 is 1. The number of aromatic nitrogens is 1. The van der Waals surface area contributed by atoms with Crippen LogP contribution in [0.1, 0.15) is 12.0 Å². The third-order valence-electron chi connectivity index (χ3n) is 3.03. The molecule has 0 aliphatic carbocycles. The van der Waals surface area contributed by atoms with E-state index in [2.05, 4.69) is 36.2 Å². The van der Waals surface area contributed by atoms with Gasteiger partial charge in [-0.3, -0.25) is 0 Å². The van der Waals surface area contributed by atoms with E-state index in [-0.39, 0.29) is 0 Å². The number of hydrogen-bond acceptors (Lipinski definition) is 2. The van der Waals surface area contributed by atoms with Crippen molar-refractivity contribution in [1.29, 1.82) is 0 Å². The van der Waals surface area contributed by atoms with Crippen LogP contribution in [-0.2, 0) is 6.42 Å². The highest BCUT2D eigenvalue weighted by molar-refractivity contribution is 5.84. The SMILES string of the molecule is COc1ccc2c(CCCN(C)C)c[nH]c2c1. The fraction of sp³-hybridized carbons (Fsp3) is 0.429. The van der Waals surface area contributed by atoms with E-state index >= 15 is 0 Å². The van der Waals surface area contributed by atoms with Gasteiger partial charge in [-0.1, -0.05) is 0 Å². The zero-order valence-electron chi connectivity index (χ0n) is 10.8. The largest absolute Gasteiger partial charge is 0.497 e. The fourth-order valence-corrected chi connectivity index (χ4v) is 2.08. The topological polar surface area (TPSA) is 28.3 Å². The Balaban J connectivity index is 2.13. The van der Waals surface area contributed by atoms with E-state index in [9.17, 15) is 0 Å². The van der Waals surface area contributed by atoms with Crippen LogP contribution in [0.25, 0.3) is 10.9 Å². The summed E-state index contributed by atoms with van der Waals surface area (Å²) in [6, 6.07) is 6.20. The maximum atomic E-state index is 5.22. The quantitative estimate of drug-likeness (QED) is 0.858. The lowest BCUT2D eigenvalue weighted by Gasteiger charge is -2.08. The van der Waals surface area contributed by atoms with E-state index < -0.39 is 0 Å². The molecule has 0 amide bonds. The third-order valence-corrected chi connectivity index (χ3v) is 3.03. The molecule has 17 heavy (non-hydrogen) atoms. The molecule has 2 rings (SSSR count). The Morgan fingerprint density at radius 3 is 2.82 bits per heavy atom. The van der Waals surface area contributed by atoms with Gasteiger partial charge in [-0.25, -0.2) is 0 Å². The Hall–Kier alpha value is -1.48. The molecule has 0 spiro atoms. The van der Waals surface area contributed by atoms with E-state index in [1.54, 1.807) is 7.11 Å². The summed E-state index contributed by atoms with van der Waals surface area (Å²) in [6.07, 6.45) is 4.41. The molecule has 0 aliphatic heterocycles. The lowest BCUT2D eigenvalue weighted by molar-refractivity contribution is 0.400. The Bertz CT molecular complexity index is 488. The first kappa shape index (κ1) is 12.0. The maximum absolute atomic E-state index is 5.22. The van der Waals surface area contributed by atoms with E-state index in [4.69, 9.17) is 4.74 Å². The molecule has 1 N–H and O–H groups in total. The second-order valence-electron chi connectivity index (χ2n) is 4.63. The van der Waals surface area contributed by atoms with Crippen LogP contribution in [0.3, 0.4) is 0 Å². The van der Waals surface area contributed by atoms with Gasteiger partial charge in [0.1, 0.15) is 5.75 Å². The minimum atomic E-state index is 0.902. The first-order valence-electron chi connectivity index (χ1n) is 5.99. The molecule has 0 saturated heterocycles. The zero-order chi connectivity index (χ0) is 12.3. The van der Waals surface area contributed by atoms with Crippen molar-refractivity contribution >= 4 is 10.9 Å². The molecule has 0 bridgehead atoms. The Morgan fingerprint density at radius 2 is 2.12 bits per heavy atom. The van der Waals surface area contributed by atoms with Crippen LogP contribution >= 0.6 is 0 Å². The van der Waals surface area contributed by atoms with Crippen molar-refractivity contribution in [2.24, 2.45) is 0 Å². The molecular formula is C14H20N2O. The number of benzene rings is 1. The summed E-state index contributed by atoms with van der Waals surface area (Å²) < 4.78 is 5.22. The standard InChI is InChI=1S/C14H20N2O/c1-16(2)8-4-5-11-10-15-14-9-12(17-3)6-7-13(11)14/h6-7,9-10,15H,4-5,8H2,1-3H3. The Kier molecular flexibility index (Phi) is 3.69. The maximum Gasteiger partial charge on any atom is 0.120 e. The first-order chi connectivity index (χ1) is 8.20. The summed E-state index contributed by atoms with van der Waals surface area (Å²) in [5.41, 5.74) is 2.55. The molecule has 0 aliphatic rings. The van der Waals surface area contributed by atoms with Crippen molar-refractivity contribution in [2.75, 3.05) is 27.7 Å². The molecule has 0 fully saturated rings. The van der Waals surface area contributed by atoms with Crippen molar-refractivity contribution < 1.29 is 4.74 Å². The summed E-state index contributed by atoms with van der Waals surface area (Å²) in [6.45, 7) is 1.13. The number of hydrogen-bond donors (Lipinski definition) is 1. The summed E-state index contributed by atoms with van der Waals surface area (Å²) in [5, 5.41) is 1.31. The van der Waals surface area contributed by atoms with Crippen LogP contribution in [0.5, 0.6) is 5.75 Å². The van der Waals surface area contributed by atoms with E-state index in [1.165, 1.54) is 17.4 Å². The molecule has 0 atom stereocenters. The molecule has 0 saturated carbocycles. The number of ether oxygens (including phenoxy) is 1. The number of nitrogens with one attached hydrogen (secondary N) is 1. The molecule has 92 valence electrons. The predicted octanol–water partition coefficient (Wildman–Crippen LogP) is 2.67. The summed E-state index contributed by atoms with van der Waals surface area (Å²) in [7, 11) is 5.92. The molecule has 0 unspecified atom stereocenters. The van der Waals surface area contributed by atoms with Gasteiger partial charge in [0.25, 0.3) is 0 Å². The van der Waals surface area contributed by atoms with E-state index in [0.29, 0.717) is 0 Å². The van der Waals surface area contributed by atoms with Gasteiger partial charge in [-0.15, -0.1) is 0 Å². The van der Waals surface area contributed by atoms with Crippen molar-refractivity contribution in [1.82, 2.24) is 9.88 Å². The van der Waals surface area contributed by atoms with Crippen molar-refractivity contribution in [3.8, 4) is 5.75 Å². The summed E-state index contributed by atoms with van der Waals surface area (Å²) >= 11 is 0. The van der Waals surface area contributed by atoms with Crippen molar-refractivity contribution in [3.63, 3.8) is 0 Å². The number of rotatable bonds is 5. The van der Waals surface area contributed by atoms with Crippen LogP contribution in [0.2, 0.25) is 0 Å². The molecular weight excluding hydrogens is 212 g/mol. The molecule has 3 nitrogen and oxygen atoms in total. The predicted molar refractivity (Wildman–Crippen MR) is 71.7 cm³/mol. The molecule has 3 heteroatoms. The molecule has 1 aromatic heterocycles. The first-order valence-corrected chi connectivity index (χ1v) is 5.99. The van der Waals surface area contributed by atoms with Gasteiger partial charge in [-0.2, -0.15) is 0 Å². The van der Waals surface area contributed by atoms with Crippen LogP contribution in [-0.4, -0.2) is 37.6 Å². The normalized spacial score (nSPS) is 11.3. The van der Waals surface area contributed by atoms with Crippen LogP contribution in [0.4, 0.5) is 0 Å². The van der Waals surface area contributed by atoms with Crippen LogP contribution < -0.4 is 4.74 Å². The Labute approximate surface area is 102 Å². The van der Waals surface area contributed by atoms with Crippen molar-refractivity contribution in [3.05, 3.63) is 30.0 Å². The highest BCUT2D eigenvalue weighted by Gasteiger charge is 2.04. The second kappa shape index (κ2) is 5.23. The number of nitrogens with zero attached hydrogens (tertiary/aromatic N) is 1. The van der Waals surface area contributed by atoms with Gasteiger partial charge in [0.05, 0.1) is 7.11 Å². The minimum absolute atomic E-state index is 0.902. The lowest BCUT2D eigenvalue weighted by atomic mass is 10.1. The number of fused-ring (bicyclic) bond motifs is 1. The second-order valence-corrected chi connectivity index (χ2v) is 4.63. The van der Waals surface area contributed by atoms with Gasteiger partial charge < -0.3 is 14.6 Å². The molecule has 1 heterocycles. The number of H-pyrrole nitrogens is 1. The monoisotopic (exact) mass is 232 g/mol. The van der Waals surface area contributed by atoms with Gasteiger partial charge in [0, 0.05) is 23.2 Å². The van der Waals surface area contributed by atoms with E-state index in [0.717, 1.165) is 24.2 Å². The molecule has 2 aromatic rings. The molecule has 0 radical (unpaired) electrons. The smallest absolute Gasteiger partial charge is 0.120 e. The minimum Gasteiger partial charge on any atom is -0.497 e. The molecule has 1 aromatic carbocycles. The highest BCUT2D eigenvalue weighted by Crippen LogP contribution is 2.23. The van der Waals surface area contributed by atoms with Gasteiger partial charge >= 0.3 is 0 Å². The lowest BCUT2D eigenvalue weighted by Crippen LogP contribution is -2.13. The third kappa shape index (κ3) is 2.80. The van der Waals surface area contributed by atoms with Crippen LogP contribution in [0.15, 0.2) is 24.4 Å². The van der Waals surface area contributed by atoms with Gasteiger partial charge in [0.2, 0.25) is 0 Å². The highest BCUT2D eigenvalue weighted by atomic mass is 16.5. The average molecular weight is 232 g/mol. The Morgan fingerprint density at radius 1 is 1.29 bits per heavy atom.